The fourth-order valence-electron chi connectivity index (χ4n) is 3.43. The summed E-state index contributed by atoms with van der Waals surface area (Å²) in [6.45, 7) is 3.27. The van der Waals surface area contributed by atoms with Gasteiger partial charge in [0.25, 0.3) is 5.91 Å². The molecular weight excluding hydrogens is 346 g/mol. The molecule has 1 aliphatic rings. The van der Waals surface area contributed by atoms with Crippen LogP contribution in [0.5, 0.6) is 0 Å². The second-order valence-electron chi connectivity index (χ2n) is 6.73. The Morgan fingerprint density at radius 3 is 2.71 bits per heavy atom. The van der Waals surface area contributed by atoms with E-state index < -0.39 is 0 Å². The maximum atomic E-state index is 12.4. The number of hydrogen-bond acceptors (Lipinski definition) is 3. The van der Waals surface area contributed by atoms with E-state index in [0.29, 0.717) is 12.1 Å². The average Bonchev–Trinajstić information content (AvgIpc) is 3.15. The highest BCUT2D eigenvalue weighted by atomic mass is 16.1. The molecule has 1 aliphatic heterocycles. The van der Waals surface area contributed by atoms with Crippen molar-refractivity contribution in [3.05, 3.63) is 83.7 Å². The Labute approximate surface area is 165 Å². The molecule has 138 valence electrons. The molecule has 0 unspecified atom stereocenters. The van der Waals surface area contributed by atoms with E-state index in [-0.39, 0.29) is 5.91 Å². The van der Waals surface area contributed by atoms with Gasteiger partial charge in [-0.15, -0.1) is 0 Å². The van der Waals surface area contributed by atoms with Gasteiger partial charge < -0.3 is 10.2 Å². The van der Waals surface area contributed by atoms with Crippen LogP contribution < -0.4 is 10.2 Å². The van der Waals surface area contributed by atoms with Crippen LogP contribution in [0.2, 0.25) is 0 Å². The number of hydrogen-bond donors (Lipinski definition) is 1. The van der Waals surface area contributed by atoms with Gasteiger partial charge in [0, 0.05) is 37.1 Å². The van der Waals surface area contributed by atoms with Crippen LogP contribution in [0.15, 0.2) is 67.0 Å². The van der Waals surface area contributed by atoms with Crippen molar-refractivity contribution in [2.24, 2.45) is 0 Å². The summed E-state index contributed by atoms with van der Waals surface area (Å²) in [5.41, 5.74) is 6.41. The average molecular weight is 367 g/mol. The van der Waals surface area contributed by atoms with Crippen LogP contribution in [0.3, 0.4) is 0 Å². The highest BCUT2D eigenvalue weighted by Crippen LogP contribution is 2.32. The first-order valence-electron chi connectivity index (χ1n) is 9.35. The second kappa shape index (κ2) is 7.98. The zero-order chi connectivity index (χ0) is 19.3. The van der Waals surface area contributed by atoms with Crippen molar-refractivity contribution >= 4 is 11.6 Å². The van der Waals surface area contributed by atoms with Crippen molar-refractivity contribution in [3.63, 3.8) is 0 Å². The minimum absolute atomic E-state index is 0.0851. The number of nitrogens with zero attached hydrogens (tertiary/aromatic N) is 2. The summed E-state index contributed by atoms with van der Waals surface area (Å²) >= 11 is 0. The molecule has 0 fully saturated rings. The number of fused-ring (bicyclic) bond motifs is 1. The zero-order valence-corrected chi connectivity index (χ0v) is 15.8. The Morgan fingerprint density at radius 2 is 1.96 bits per heavy atom. The lowest BCUT2D eigenvalue weighted by atomic mass is 10.0. The molecule has 0 radical (unpaired) electrons. The standard InChI is InChI=1S/C24H21N3O/c1-2-13-27-14-11-22-15-21(9-10-23(22)27)19-5-7-20(8-6-19)24(28)26-17-18-4-3-12-25-16-18/h3-10,12,15-16H,11,14,17H2,1H3,(H,26,28). The van der Waals surface area contributed by atoms with E-state index >= 15 is 0 Å². The minimum atomic E-state index is -0.0851. The first-order valence-corrected chi connectivity index (χ1v) is 9.35. The van der Waals surface area contributed by atoms with Gasteiger partial charge in [-0.2, -0.15) is 0 Å². The lowest BCUT2D eigenvalue weighted by Gasteiger charge is -2.11. The minimum Gasteiger partial charge on any atom is -0.348 e. The number of carbonyl (C=O) groups excluding carboxylic acids is 1. The molecule has 0 atom stereocenters. The smallest absolute Gasteiger partial charge is 0.251 e. The van der Waals surface area contributed by atoms with Gasteiger partial charge >= 0.3 is 0 Å². The van der Waals surface area contributed by atoms with Gasteiger partial charge in [0.05, 0.1) is 5.69 Å². The summed E-state index contributed by atoms with van der Waals surface area (Å²) in [4.78, 5) is 18.5. The summed E-state index contributed by atoms with van der Waals surface area (Å²) in [5, 5.41) is 2.93. The van der Waals surface area contributed by atoms with Crippen molar-refractivity contribution in [1.82, 2.24) is 10.3 Å². The molecule has 2 aromatic carbocycles. The van der Waals surface area contributed by atoms with Crippen LogP contribution in [0.25, 0.3) is 11.1 Å². The molecular formula is C24H21N3O. The Hall–Kier alpha value is -3.58. The Bertz CT molecular complexity index is 1050. The van der Waals surface area contributed by atoms with E-state index in [2.05, 4.69) is 45.4 Å². The molecule has 1 amide bonds. The van der Waals surface area contributed by atoms with Crippen LogP contribution in [0.4, 0.5) is 5.69 Å². The van der Waals surface area contributed by atoms with Gasteiger partial charge in [0.15, 0.2) is 0 Å². The van der Waals surface area contributed by atoms with E-state index in [1.165, 1.54) is 11.3 Å². The molecule has 0 aliphatic carbocycles. The molecule has 4 rings (SSSR count). The summed E-state index contributed by atoms with van der Waals surface area (Å²) in [5.74, 6) is 2.88. The van der Waals surface area contributed by atoms with Crippen molar-refractivity contribution < 1.29 is 4.79 Å². The first kappa shape index (κ1) is 17.8. The molecule has 3 aromatic rings. The molecule has 28 heavy (non-hydrogen) atoms. The molecule has 4 nitrogen and oxygen atoms in total. The summed E-state index contributed by atoms with van der Waals surface area (Å²) in [7, 11) is 0. The quantitative estimate of drug-likeness (QED) is 0.709. The number of aromatic nitrogens is 1. The number of anilines is 1. The summed E-state index contributed by atoms with van der Waals surface area (Å²) < 4.78 is 0. The third-order valence-corrected chi connectivity index (χ3v) is 4.88. The molecule has 1 aromatic heterocycles. The maximum Gasteiger partial charge on any atom is 0.251 e. The molecule has 2 heterocycles. The predicted octanol–water partition coefficient (Wildman–Crippen LogP) is 4.02. The van der Waals surface area contributed by atoms with Gasteiger partial charge in [-0.25, -0.2) is 0 Å². The van der Waals surface area contributed by atoms with Crippen molar-refractivity contribution in [2.75, 3.05) is 11.4 Å². The molecule has 0 bridgehead atoms. The Balaban J connectivity index is 1.46. The second-order valence-corrected chi connectivity index (χ2v) is 6.73. The topological polar surface area (TPSA) is 45.2 Å². The van der Waals surface area contributed by atoms with E-state index in [1.54, 1.807) is 12.4 Å². The first-order chi connectivity index (χ1) is 13.7. The Kier molecular flexibility index (Phi) is 5.07. The van der Waals surface area contributed by atoms with Crippen LogP contribution >= 0.6 is 0 Å². The van der Waals surface area contributed by atoms with Crippen LogP contribution in [0, 0.1) is 12.0 Å². The highest BCUT2D eigenvalue weighted by Gasteiger charge is 2.18. The summed E-state index contributed by atoms with van der Waals surface area (Å²) in [6, 6.07) is 21.2. The number of rotatable bonds is 4. The molecule has 4 heteroatoms. The van der Waals surface area contributed by atoms with Crippen LogP contribution in [-0.4, -0.2) is 17.4 Å². The number of nitrogens with one attached hydrogen (secondary N) is 1. The number of amides is 1. The van der Waals surface area contributed by atoms with E-state index in [0.717, 1.165) is 29.7 Å². The predicted molar refractivity (Wildman–Crippen MR) is 112 cm³/mol. The lowest BCUT2D eigenvalue weighted by Crippen LogP contribution is -2.22. The normalized spacial score (nSPS) is 12.1. The summed E-state index contributed by atoms with van der Waals surface area (Å²) in [6.07, 6.45) is 4.48. The van der Waals surface area contributed by atoms with Gasteiger partial charge in [0.1, 0.15) is 0 Å². The van der Waals surface area contributed by atoms with Crippen LogP contribution in [-0.2, 0) is 13.0 Å². The van der Waals surface area contributed by atoms with Crippen molar-refractivity contribution in [2.45, 2.75) is 19.9 Å². The molecule has 0 spiro atoms. The maximum absolute atomic E-state index is 12.4. The Morgan fingerprint density at radius 1 is 1.14 bits per heavy atom. The third kappa shape index (κ3) is 3.74. The van der Waals surface area contributed by atoms with Gasteiger partial charge in [-0.05, 0) is 65.9 Å². The molecule has 0 saturated carbocycles. The lowest BCUT2D eigenvalue weighted by molar-refractivity contribution is 0.0951. The third-order valence-electron chi connectivity index (χ3n) is 4.88. The van der Waals surface area contributed by atoms with E-state index in [4.69, 9.17) is 0 Å². The fraction of sp³-hybridized carbons (Fsp3) is 0.167. The monoisotopic (exact) mass is 367 g/mol. The number of benzene rings is 2. The number of carbonyl (C=O) groups is 1. The van der Waals surface area contributed by atoms with Gasteiger partial charge in [-0.1, -0.05) is 30.2 Å². The van der Waals surface area contributed by atoms with E-state index in [9.17, 15) is 4.79 Å². The van der Waals surface area contributed by atoms with Crippen LogP contribution in [0.1, 0.15) is 28.4 Å². The largest absolute Gasteiger partial charge is 0.348 e. The highest BCUT2D eigenvalue weighted by molar-refractivity contribution is 5.94. The molecule has 0 saturated heterocycles. The molecule has 1 N–H and O–H groups in total. The number of pyridine rings is 1. The van der Waals surface area contributed by atoms with Gasteiger partial charge in [-0.3, -0.25) is 9.78 Å². The zero-order valence-electron chi connectivity index (χ0n) is 15.8. The van der Waals surface area contributed by atoms with E-state index in [1.807, 2.05) is 43.3 Å². The fourth-order valence-corrected chi connectivity index (χ4v) is 3.43. The SMILES string of the molecule is CC#CN1CCc2cc(-c3ccc(C(=O)NCc4cccnc4)cc3)ccc21. The van der Waals surface area contributed by atoms with Crippen molar-refractivity contribution in [1.29, 1.82) is 0 Å². The van der Waals surface area contributed by atoms with Gasteiger partial charge in [0.2, 0.25) is 0 Å². The van der Waals surface area contributed by atoms with Crippen molar-refractivity contribution in [3.8, 4) is 23.1 Å².